The van der Waals surface area contributed by atoms with Crippen molar-refractivity contribution in [3.63, 3.8) is 0 Å². The molecule has 0 aromatic carbocycles. The van der Waals surface area contributed by atoms with Crippen molar-refractivity contribution in [3.8, 4) is 0 Å². The van der Waals surface area contributed by atoms with E-state index in [0.717, 1.165) is 67.3 Å². The lowest BCUT2D eigenvalue weighted by atomic mass is 10.0. The van der Waals surface area contributed by atoms with E-state index in [-0.39, 0.29) is 0 Å². The molecule has 19 heavy (non-hydrogen) atoms. The van der Waals surface area contributed by atoms with Crippen molar-refractivity contribution in [1.82, 2.24) is 9.97 Å². The van der Waals surface area contributed by atoms with Gasteiger partial charge in [-0.15, -0.1) is 0 Å². The minimum Gasteiger partial charge on any atom is -0.381 e. The van der Waals surface area contributed by atoms with Crippen LogP contribution in [0.3, 0.4) is 0 Å². The molecule has 106 valence electrons. The zero-order chi connectivity index (χ0) is 13.7. The fraction of sp³-hybridized carbons (Fsp3) is 0.714. The predicted octanol–water partition coefficient (Wildman–Crippen LogP) is 3.52. The van der Waals surface area contributed by atoms with Gasteiger partial charge in [0.1, 0.15) is 11.6 Å². The summed E-state index contributed by atoms with van der Waals surface area (Å²) in [7, 11) is 0. The van der Waals surface area contributed by atoms with Crippen LogP contribution >= 0.6 is 15.9 Å². The highest BCUT2D eigenvalue weighted by molar-refractivity contribution is 9.10. The molecule has 1 saturated heterocycles. The number of hydrogen-bond acceptors (Lipinski definition) is 4. The average molecular weight is 328 g/mol. The molecule has 0 aliphatic carbocycles. The van der Waals surface area contributed by atoms with E-state index in [1.807, 2.05) is 0 Å². The lowest BCUT2D eigenvalue weighted by Crippen LogP contribution is -2.19. The Kier molecular flexibility index (Phi) is 5.58. The first kappa shape index (κ1) is 14.7. The van der Waals surface area contributed by atoms with E-state index in [9.17, 15) is 0 Å². The first-order chi connectivity index (χ1) is 9.26. The maximum atomic E-state index is 5.55. The van der Waals surface area contributed by atoms with Gasteiger partial charge in [0.2, 0.25) is 0 Å². The van der Waals surface area contributed by atoms with Crippen molar-refractivity contribution in [2.24, 2.45) is 0 Å². The number of aromatic nitrogens is 2. The van der Waals surface area contributed by atoms with E-state index in [0.29, 0.717) is 5.92 Å². The standard InChI is InChI=1S/C14H22BrN3O/c1-3-7-16-14-12(15)11(4-2)17-13(18-14)10-6-5-8-19-9-10/h10H,3-9H2,1-2H3,(H,16,17,18). The first-order valence-electron chi connectivity index (χ1n) is 7.14. The molecule has 1 unspecified atom stereocenters. The quantitative estimate of drug-likeness (QED) is 0.898. The van der Waals surface area contributed by atoms with Gasteiger partial charge in [-0.05, 0) is 41.6 Å². The largest absolute Gasteiger partial charge is 0.381 e. The van der Waals surface area contributed by atoms with E-state index in [1.165, 1.54) is 0 Å². The van der Waals surface area contributed by atoms with Gasteiger partial charge in [0, 0.05) is 19.1 Å². The summed E-state index contributed by atoms with van der Waals surface area (Å²) < 4.78 is 6.55. The summed E-state index contributed by atoms with van der Waals surface area (Å²) >= 11 is 3.61. The molecule has 1 aromatic heterocycles. The number of halogens is 1. The molecule has 0 amide bonds. The lowest BCUT2D eigenvalue weighted by Gasteiger charge is -2.22. The molecule has 0 spiro atoms. The van der Waals surface area contributed by atoms with Crippen molar-refractivity contribution < 1.29 is 4.74 Å². The van der Waals surface area contributed by atoms with Crippen molar-refractivity contribution in [2.45, 2.75) is 45.4 Å². The van der Waals surface area contributed by atoms with Crippen molar-refractivity contribution >= 4 is 21.7 Å². The van der Waals surface area contributed by atoms with Crippen LogP contribution in [0.15, 0.2) is 4.47 Å². The van der Waals surface area contributed by atoms with Crippen LogP contribution < -0.4 is 5.32 Å². The molecule has 0 radical (unpaired) electrons. The third-order valence-corrected chi connectivity index (χ3v) is 4.17. The summed E-state index contributed by atoms with van der Waals surface area (Å²) in [5.41, 5.74) is 1.08. The van der Waals surface area contributed by atoms with Crippen LogP contribution in [0.1, 0.15) is 50.5 Å². The summed E-state index contributed by atoms with van der Waals surface area (Å²) in [6.07, 6.45) is 4.21. The molecule has 1 aromatic rings. The van der Waals surface area contributed by atoms with Crippen molar-refractivity contribution in [2.75, 3.05) is 25.1 Å². The van der Waals surface area contributed by atoms with Gasteiger partial charge in [-0.1, -0.05) is 13.8 Å². The topological polar surface area (TPSA) is 47.0 Å². The second kappa shape index (κ2) is 7.20. The molecule has 1 fully saturated rings. The van der Waals surface area contributed by atoms with E-state index in [2.05, 4.69) is 35.1 Å². The van der Waals surface area contributed by atoms with Crippen LogP contribution in [0.4, 0.5) is 5.82 Å². The molecule has 1 atom stereocenters. The van der Waals surface area contributed by atoms with E-state index in [4.69, 9.17) is 14.7 Å². The molecule has 1 aliphatic heterocycles. The van der Waals surface area contributed by atoms with Gasteiger partial charge in [-0.2, -0.15) is 0 Å². The van der Waals surface area contributed by atoms with Gasteiger partial charge in [0.15, 0.2) is 0 Å². The molecule has 0 bridgehead atoms. The summed E-state index contributed by atoms with van der Waals surface area (Å²) in [6, 6.07) is 0. The highest BCUT2D eigenvalue weighted by Gasteiger charge is 2.21. The van der Waals surface area contributed by atoms with Gasteiger partial charge in [-0.3, -0.25) is 0 Å². The van der Waals surface area contributed by atoms with E-state index < -0.39 is 0 Å². The fourth-order valence-corrected chi connectivity index (χ4v) is 2.83. The predicted molar refractivity (Wildman–Crippen MR) is 80.7 cm³/mol. The Morgan fingerprint density at radius 3 is 2.84 bits per heavy atom. The molecular formula is C14H22BrN3O. The smallest absolute Gasteiger partial charge is 0.144 e. The zero-order valence-electron chi connectivity index (χ0n) is 11.7. The van der Waals surface area contributed by atoms with Crippen LogP contribution in [0, 0.1) is 0 Å². The number of hydrogen-bond donors (Lipinski definition) is 1. The third-order valence-electron chi connectivity index (χ3n) is 3.34. The molecule has 5 heteroatoms. The summed E-state index contributed by atoms with van der Waals surface area (Å²) in [5, 5.41) is 3.38. The number of nitrogens with zero attached hydrogens (tertiary/aromatic N) is 2. The molecule has 2 heterocycles. The third kappa shape index (κ3) is 3.66. The molecule has 1 aliphatic rings. The van der Waals surface area contributed by atoms with Crippen LogP contribution in [-0.4, -0.2) is 29.7 Å². The van der Waals surface area contributed by atoms with Crippen molar-refractivity contribution in [3.05, 3.63) is 16.0 Å². The maximum Gasteiger partial charge on any atom is 0.144 e. The monoisotopic (exact) mass is 327 g/mol. The molecular weight excluding hydrogens is 306 g/mol. The van der Waals surface area contributed by atoms with Gasteiger partial charge in [-0.25, -0.2) is 9.97 Å². The minimum absolute atomic E-state index is 0.342. The van der Waals surface area contributed by atoms with Gasteiger partial charge < -0.3 is 10.1 Å². The Morgan fingerprint density at radius 2 is 2.21 bits per heavy atom. The first-order valence-corrected chi connectivity index (χ1v) is 7.93. The van der Waals surface area contributed by atoms with Crippen LogP contribution in [0.5, 0.6) is 0 Å². The Bertz CT molecular complexity index is 419. The average Bonchev–Trinajstić information content (AvgIpc) is 2.47. The maximum absolute atomic E-state index is 5.55. The van der Waals surface area contributed by atoms with E-state index in [1.54, 1.807) is 0 Å². The van der Waals surface area contributed by atoms with Gasteiger partial charge in [0.05, 0.1) is 16.8 Å². The van der Waals surface area contributed by atoms with Crippen LogP contribution in [-0.2, 0) is 11.2 Å². The van der Waals surface area contributed by atoms with Crippen LogP contribution in [0.2, 0.25) is 0 Å². The molecule has 4 nitrogen and oxygen atoms in total. The number of ether oxygens (including phenoxy) is 1. The van der Waals surface area contributed by atoms with Gasteiger partial charge in [0.25, 0.3) is 0 Å². The zero-order valence-corrected chi connectivity index (χ0v) is 13.3. The summed E-state index contributed by atoms with van der Waals surface area (Å²) in [6.45, 7) is 6.82. The van der Waals surface area contributed by atoms with Crippen LogP contribution in [0.25, 0.3) is 0 Å². The molecule has 0 saturated carbocycles. The minimum atomic E-state index is 0.342. The number of anilines is 1. The Hall–Kier alpha value is -0.680. The van der Waals surface area contributed by atoms with Gasteiger partial charge >= 0.3 is 0 Å². The fourth-order valence-electron chi connectivity index (χ4n) is 2.23. The summed E-state index contributed by atoms with van der Waals surface area (Å²) in [4.78, 5) is 9.40. The second-order valence-corrected chi connectivity index (χ2v) is 5.68. The number of nitrogens with one attached hydrogen (secondary N) is 1. The molecule has 2 rings (SSSR count). The Morgan fingerprint density at radius 1 is 1.37 bits per heavy atom. The lowest BCUT2D eigenvalue weighted by molar-refractivity contribution is 0.0780. The molecule has 1 N–H and O–H groups in total. The Labute approximate surface area is 123 Å². The second-order valence-electron chi connectivity index (χ2n) is 4.89. The highest BCUT2D eigenvalue weighted by atomic mass is 79.9. The Balaban J connectivity index is 2.26. The number of aryl methyl sites for hydroxylation is 1. The summed E-state index contributed by atoms with van der Waals surface area (Å²) in [5.74, 6) is 2.20. The van der Waals surface area contributed by atoms with Crippen molar-refractivity contribution in [1.29, 1.82) is 0 Å². The normalized spacial score (nSPS) is 19.4. The van der Waals surface area contributed by atoms with E-state index >= 15 is 0 Å². The number of rotatable bonds is 5. The SMILES string of the molecule is CCCNc1nc(C2CCCOC2)nc(CC)c1Br. The highest BCUT2D eigenvalue weighted by Crippen LogP contribution is 2.29.